The molecular weight excluding hydrogens is 759 g/mol. The third-order valence-corrected chi connectivity index (χ3v) is 10.5. The predicted octanol–water partition coefficient (Wildman–Crippen LogP) is 7.47. The number of amides is 3. The van der Waals surface area contributed by atoms with E-state index in [1.165, 1.54) is 17.5 Å². The lowest BCUT2D eigenvalue weighted by Crippen LogP contribution is -2.41. The molecule has 0 bridgehead atoms. The van der Waals surface area contributed by atoms with Crippen molar-refractivity contribution in [1.82, 2.24) is 20.1 Å². The number of fused-ring (bicyclic) bond motifs is 1. The van der Waals surface area contributed by atoms with Crippen molar-refractivity contribution in [3.05, 3.63) is 113 Å². The Morgan fingerprint density at radius 1 is 0.800 bits per heavy atom. The highest BCUT2D eigenvalue weighted by Crippen LogP contribution is 2.34. The molecule has 3 aliphatic rings. The zero-order valence-electron chi connectivity index (χ0n) is 31.2. The quantitative estimate of drug-likeness (QED) is 0.171. The van der Waals surface area contributed by atoms with Gasteiger partial charge in [-0.25, -0.2) is 0 Å². The van der Waals surface area contributed by atoms with Gasteiger partial charge in [-0.3, -0.25) is 24.3 Å². The summed E-state index contributed by atoms with van der Waals surface area (Å²) in [4.78, 5) is 51.9. The van der Waals surface area contributed by atoms with Gasteiger partial charge in [-0.15, -0.1) is 37.2 Å². The number of carbonyl (C=O) groups is 3. The Hall–Kier alpha value is -4.19. The largest absolute Gasteiger partial charge is 0.379 e. The number of carbonyl (C=O) groups excluding carboxylic acids is 3. The number of pyridine rings is 1. The van der Waals surface area contributed by atoms with Crippen LogP contribution in [0.15, 0.2) is 85.1 Å². The molecule has 10 nitrogen and oxygen atoms in total. The van der Waals surface area contributed by atoms with Gasteiger partial charge in [0.05, 0.1) is 30.6 Å². The second-order valence-electron chi connectivity index (χ2n) is 14.0. The molecule has 4 aromatic rings. The molecular formula is C42H51Cl3N6O4. The van der Waals surface area contributed by atoms with Crippen LogP contribution in [-0.2, 0) is 11.2 Å². The fourth-order valence-electron chi connectivity index (χ4n) is 7.49. The van der Waals surface area contributed by atoms with E-state index < -0.39 is 0 Å². The van der Waals surface area contributed by atoms with E-state index in [-0.39, 0.29) is 61.0 Å². The van der Waals surface area contributed by atoms with Gasteiger partial charge in [0.25, 0.3) is 17.7 Å². The Morgan fingerprint density at radius 2 is 1.55 bits per heavy atom. The average molecular weight is 810 g/mol. The van der Waals surface area contributed by atoms with Crippen molar-refractivity contribution >= 4 is 66.3 Å². The summed E-state index contributed by atoms with van der Waals surface area (Å²) < 4.78 is 5.44. The number of aryl methyl sites for hydroxylation is 1. The van der Waals surface area contributed by atoms with Gasteiger partial charge in [-0.2, -0.15) is 0 Å². The number of ether oxygens (including phenoxy) is 1. The minimum atomic E-state index is -0.331. The van der Waals surface area contributed by atoms with Crippen LogP contribution in [0.2, 0.25) is 0 Å². The second kappa shape index (κ2) is 20.6. The average Bonchev–Trinajstić information content (AvgIpc) is 3.20. The van der Waals surface area contributed by atoms with Crippen molar-refractivity contribution in [3.63, 3.8) is 0 Å². The third kappa shape index (κ3) is 10.8. The number of anilines is 2. The molecule has 2 fully saturated rings. The number of likely N-dealkylation sites (N-methyl/N-ethyl adjacent to an activating group) is 1. The molecule has 3 amide bonds. The molecule has 1 aliphatic carbocycles. The van der Waals surface area contributed by atoms with Crippen molar-refractivity contribution in [2.45, 2.75) is 44.6 Å². The van der Waals surface area contributed by atoms with E-state index in [1.54, 1.807) is 54.5 Å². The molecule has 0 radical (unpaired) electrons. The van der Waals surface area contributed by atoms with Crippen LogP contribution >= 0.6 is 37.2 Å². The lowest BCUT2D eigenvalue weighted by Gasteiger charge is -2.29. The van der Waals surface area contributed by atoms with Gasteiger partial charge in [0.15, 0.2) is 0 Å². The number of nitrogens with zero attached hydrogens (tertiary/aromatic N) is 4. The van der Waals surface area contributed by atoms with Crippen LogP contribution in [0.25, 0.3) is 11.3 Å². The lowest BCUT2D eigenvalue weighted by molar-refractivity contribution is 0.0338. The maximum Gasteiger partial charge on any atom is 0.255 e. The minimum absolute atomic E-state index is 0. The zero-order chi connectivity index (χ0) is 35.9. The smallest absolute Gasteiger partial charge is 0.255 e. The molecule has 2 aliphatic heterocycles. The van der Waals surface area contributed by atoms with E-state index in [9.17, 15) is 14.4 Å². The summed E-state index contributed by atoms with van der Waals surface area (Å²) in [6.45, 7) is 6.43. The second-order valence-corrected chi connectivity index (χ2v) is 14.0. The van der Waals surface area contributed by atoms with Crippen LogP contribution < -0.4 is 15.5 Å². The van der Waals surface area contributed by atoms with Crippen LogP contribution in [-0.4, -0.2) is 92.0 Å². The van der Waals surface area contributed by atoms with E-state index >= 15 is 0 Å². The highest BCUT2D eigenvalue weighted by atomic mass is 35.5. The van der Waals surface area contributed by atoms with Crippen LogP contribution in [0.4, 0.5) is 11.4 Å². The van der Waals surface area contributed by atoms with Gasteiger partial charge in [0.2, 0.25) is 0 Å². The van der Waals surface area contributed by atoms with Crippen molar-refractivity contribution in [3.8, 4) is 11.3 Å². The summed E-state index contributed by atoms with van der Waals surface area (Å²) in [6, 6.07) is 24.7. The number of hydrogen-bond acceptors (Lipinski definition) is 7. The first kappa shape index (κ1) is 43.5. The summed E-state index contributed by atoms with van der Waals surface area (Å²) in [5, 5.41) is 6.37. The van der Waals surface area contributed by atoms with Gasteiger partial charge < -0.3 is 25.2 Å². The maximum atomic E-state index is 13.8. The van der Waals surface area contributed by atoms with Crippen LogP contribution in [0.5, 0.6) is 0 Å². The molecule has 2 saturated heterocycles. The van der Waals surface area contributed by atoms with Crippen LogP contribution in [0.1, 0.15) is 80.3 Å². The van der Waals surface area contributed by atoms with E-state index in [0.717, 1.165) is 76.1 Å². The highest BCUT2D eigenvalue weighted by molar-refractivity contribution is 6.08. The van der Waals surface area contributed by atoms with Crippen molar-refractivity contribution in [2.24, 2.45) is 0 Å². The molecule has 13 heteroatoms. The van der Waals surface area contributed by atoms with E-state index in [0.29, 0.717) is 47.8 Å². The Labute approximate surface area is 342 Å². The molecule has 0 saturated carbocycles. The van der Waals surface area contributed by atoms with Gasteiger partial charge >= 0.3 is 0 Å². The molecule has 7 rings (SSSR count). The molecule has 294 valence electrons. The standard InChI is InChI=1S/C42H48N6O4.3ClH/c1-46(21-22-47-23-25-52-26-24-47)42(51)33-12-7-11-31(27-33)40(49)45-38-16-15-34(48-19-5-2-6-20-48)29-36(38)39-28-32(17-18-43-39)41(50)44-37-14-8-10-30-9-3-4-13-35(30)37;;;/h3-4,7,9,11-13,15-18,27-29,37H,2,5-6,8,10,14,19-26H2,1H3,(H,44,50)(H,45,49);3*1H. The normalized spacial score (nSPS) is 16.6. The van der Waals surface area contributed by atoms with Gasteiger partial charge in [0.1, 0.15) is 0 Å². The monoisotopic (exact) mass is 808 g/mol. The minimum Gasteiger partial charge on any atom is -0.379 e. The number of nitrogens with one attached hydrogen (secondary N) is 2. The SMILES string of the molecule is CN(CCN1CCOCC1)C(=O)c1cccc(C(=O)Nc2ccc(N3CCCCC3)cc2-c2cc(C(=O)NC3CCCc4ccccc43)ccn2)c1.Cl.Cl.Cl. The summed E-state index contributed by atoms with van der Waals surface area (Å²) in [5.74, 6) is -0.618. The number of aromatic nitrogens is 1. The molecule has 55 heavy (non-hydrogen) atoms. The number of rotatable bonds is 10. The summed E-state index contributed by atoms with van der Waals surface area (Å²) in [6.07, 6.45) is 8.07. The fraction of sp³-hybridized carbons (Fsp3) is 0.381. The molecule has 1 atom stereocenters. The molecule has 1 unspecified atom stereocenters. The number of piperidine rings is 1. The first-order valence-corrected chi connectivity index (χ1v) is 18.6. The van der Waals surface area contributed by atoms with Gasteiger partial charge in [-0.1, -0.05) is 30.3 Å². The highest BCUT2D eigenvalue weighted by Gasteiger charge is 2.23. The van der Waals surface area contributed by atoms with Gasteiger partial charge in [-0.05, 0) is 98.2 Å². The third-order valence-electron chi connectivity index (χ3n) is 10.5. The Balaban J connectivity index is 0.00000224. The number of hydrogen-bond donors (Lipinski definition) is 2. The fourth-order valence-corrected chi connectivity index (χ4v) is 7.49. The molecule has 3 heterocycles. The van der Waals surface area contributed by atoms with Crippen LogP contribution in [0.3, 0.4) is 0 Å². The van der Waals surface area contributed by atoms with E-state index in [4.69, 9.17) is 9.72 Å². The molecule has 2 N–H and O–H groups in total. The molecule has 3 aromatic carbocycles. The zero-order valence-corrected chi connectivity index (χ0v) is 33.7. The topological polar surface area (TPSA) is 107 Å². The van der Waals surface area contributed by atoms with Crippen molar-refractivity contribution < 1.29 is 19.1 Å². The first-order chi connectivity index (χ1) is 25.4. The first-order valence-electron chi connectivity index (χ1n) is 18.6. The number of halogens is 3. The van der Waals surface area contributed by atoms with Crippen LogP contribution in [0, 0.1) is 0 Å². The van der Waals surface area contributed by atoms with E-state index in [1.807, 2.05) is 18.2 Å². The maximum absolute atomic E-state index is 13.8. The molecule has 0 spiro atoms. The number of morpholine rings is 1. The van der Waals surface area contributed by atoms with Gasteiger partial charge in [0, 0.05) is 80.5 Å². The predicted molar refractivity (Wildman–Crippen MR) is 226 cm³/mol. The van der Waals surface area contributed by atoms with E-state index in [2.05, 4.69) is 44.7 Å². The Morgan fingerprint density at radius 3 is 2.35 bits per heavy atom. The summed E-state index contributed by atoms with van der Waals surface area (Å²) in [7, 11) is 1.79. The lowest BCUT2D eigenvalue weighted by atomic mass is 9.87. The van der Waals surface area contributed by atoms with Crippen molar-refractivity contribution in [1.29, 1.82) is 0 Å². The summed E-state index contributed by atoms with van der Waals surface area (Å²) in [5.41, 5.74) is 6.77. The summed E-state index contributed by atoms with van der Waals surface area (Å²) >= 11 is 0. The molecule has 1 aromatic heterocycles. The van der Waals surface area contributed by atoms with Crippen molar-refractivity contribution in [2.75, 3.05) is 69.7 Å². The Kier molecular flexibility index (Phi) is 16.3. The Bertz CT molecular complexity index is 1920. The number of benzene rings is 3.